The molecule has 0 spiro atoms. The highest BCUT2D eigenvalue weighted by molar-refractivity contribution is 7.92. The van der Waals surface area contributed by atoms with Crippen LogP contribution in [0, 0.1) is 5.92 Å². The predicted molar refractivity (Wildman–Crippen MR) is 126 cm³/mol. The zero-order valence-corrected chi connectivity index (χ0v) is 19.5. The Labute approximate surface area is 191 Å². The molecule has 0 radical (unpaired) electrons. The first kappa shape index (κ1) is 22.6. The van der Waals surface area contributed by atoms with Crippen LogP contribution in [0.5, 0.6) is 0 Å². The van der Waals surface area contributed by atoms with E-state index in [2.05, 4.69) is 9.88 Å². The van der Waals surface area contributed by atoms with Gasteiger partial charge in [0.1, 0.15) is 10.7 Å². The fourth-order valence-electron chi connectivity index (χ4n) is 4.65. The van der Waals surface area contributed by atoms with Crippen molar-refractivity contribution in [2.24, 2.45) is 5.92 Å². The largest absolute Gasteiger partial charge is 0.357 e. The van der Waals surface area contributed by atoms with Crippen LogP contribution in [0.15, 0.2) is 53.6 Å². The molecule has 8 heteroatoms. The van der Waals surface area contributed by atoms with Crippen molar-refractivity contribution in [1.82, 2.24) is 9.88 Å². The number of anilines is 2. The molecule has 1 amide bonds. The Morgan fingerprint density at radius 3 is 2.28 bits per heavy atom. The molecule has 0 N–H and O–H groups in total. The van der Waals surface area contributed by atoms with E-state index in [-0.39, 0.29) is 10.8 Å². The van der Waals surface area contributed by atoms with E-state index in [4.69, 9.17) is 0 Å². The summed E-state index contributed by atoms with van der Waals surface area (Å²) in [4.78, 5) is 21.6. The summed E-state index contributed by atoms with van der Waals surface area (Å²) in [7, 11) is -3.68. The Kier molecular flexibility index (Phi) is 6.98. The van der Waals surface area contributed by atoms with Crippen LogP contribution < -0.4 is 9.21 Å². The summed E-state index contributed by atoms with van der Waals surface area (Å²) in [5, 5.41) is 0. The number of aromatic nitrogens is 1. The molecule has 0 unspecified atom stereocenters. The summed E-state index contributed by atoms with van der Waals surface area (Å²) >= 11 is 0. The number of hydrogen-bond donors (Lipinski definition) is 0. The predicted octanol–water partition coefficient (Wildman–Crippen LogP) is 3.53. The Morgan fingerprint density at radius 1 is 1.00 bits per heavy atom. The van der Waals surface area contributed by atoms with Gasteiger partial charge in [0.25, 0.3) is 10.0 Å². The maximum Gasteiger partial charge on any atom is 0.265 e. The van der Waals surface area contributed by atoms with E-state index in [9.17, 15) is 13.2 Å². The zero-order chi connectivity index (χ0) is 22.6. The number of piperidine rings is 2. The number of benzene rings is 1. The molecule has 2 aromatic rings. The van der Waals surface area contributed by atoms with Crippen molar-refractivity contribution in [2.45, 2.75) is 43.9 Å². The average Bonchev–Trinajstić information content (AvgIpc) is 2.85. The van der Waals surface area contributed by atoms with E-state index < -0.39 is 10.0 Å². The summed E-state index contributed by atoms with van der Waals surface area (Å²) in [5.41, 5.74) is 0.638. The number of nitrogens with zero attached hydrogens (tertiary/aromatic N) is 4. The first-order valence-corrected chi connectivity index (χ1v) is 13.0. The third-order valence-corrected chi connectivity index (χ3v) is 8.36. The lowest BCUT2D eigenvalue weighted by Gasteiger charge is -2.36. The van der Waals surface area contributed by atoms with Crippen molar-refractivity contribution >= 4 is 27.4 Å². The SMILES string of the molecule is CCN(c1ccccc1)S(=O)(=O)c1ccc(N2CCC(C(=O)N3CCCCC3)CC2)nc1. The van der Waals surface area contributed by atoms with Crippen molar-refractivity contribution in [2.75, 3.05) is 41.9 Å². The third kappa shape index (κ3) is 4.75. The fraction of sp³-hybridized carbons (Fsp3) is 0.500. The molecule has 0 saturated carbocycles. The van der Waals surface area contributed by atoms with Crippen LogP contribution in [-0.2, 0) is 14.8 Å². The normalized spacial score (nSPS) is 17.9. The summed E-state index contributed by atoms with van der Waals surface area (Å²) in [6.07, 6.45) is 6.53. The number of carbonyl (C=O) groups is 1. The van der Waals surface area contributed by atoms with Gasteiger partial charge in [0.2, 0.25) is 5.91 Å². The van der Waals surface area contributed by atoms with Crippen molar-refractivity contribution < 1.29 is 13.2 Å². The average molecular weight is 457 g/mol. The lowest BCUT2D eigenvalue weighted by atomic mass is 9.94. The second-order valence-corrected chi connectivity index (χ2v) is 10.4. The van der Waals surface area contributed by atoms with Gasteiger partial charge in [0.15, 0.2) is 0 Å². The molecule has 0 atom stereocenters. The highest BCUT2D eigenvalue weighted by atomic mass is 32.2. The molecule has 0 bridgehead atoms. The molecule has 1 aromatic heterocycles. The molecule has 2 fully saturated rings. The van der Waals surface area contributed by atoms with Crippen LogP contribution in [0.4, 0.5) is 11.5 Å². The van der Waals surface area contributed by atoms with Crippen LogP contribution in [-0.4, -0.2) is 56.9 Å². The lowest BCUT2D eigenvalue weighted by molar-refractivity contribution is -0.137. The van der Waals surface area contributed by atoms with Gasteiger partial charge >= 0.3 is 0 Å². The molecule has 7 nitrogen and oxygen atoms in total. The van der Waals surface area contributed by atoms with Gasteiger partial charge in [-0.15, -0.1) is 0 Å². The second kappa shape index (κ2) is 9.90. The molecule has 32 heavy (non-hydrogen) atoms. The number of pyridine rings is 1. The molecule has 4 rings (SSSR count). The third-order valence-electron chi connectivity index (χ3n) is 6.48. The summed E-state index contributed by atoms with van der Waals surface area (Å²) in [6, 6.07) is 12.5. The van der Waals surface area contributed by atoms with Crippen molar-refractivity contribution in [3.05, 3.63) is 48.7 Å². The highest BCUT2D eigenvalue weighted by Gasteiger charge is 2.30. The van der Waals surface area contributed by atoms with Crippen molar-refractivity contribution in [3.63, 3.8) is 0 Å². The minimum absolute atomic E-state index is 0.0907. The van der Waals surface area contributed by atoms with Gasteiger partial charge in [-0.25, -0.2) is 13.4 Å². The van der Waals surface area contributed by atoms with Crippen LogP contribution in [0.3, 0.4) is 0 Å². The smallest absolute Gasteiger partial charge is 0.265 e. The molecule has 2 aliphatic heterocycles. The minimum atomic E-state index is -3.68. The van der Waals surface area contributed by atoms with E-state index in [1.807, 2.05) is 30.0 Å². The lowest BCUT2D eigenvalue weighted by Crippen LogP contribution is -2.44. The standard InChI is InChI=1S/C24H32N4O3S/c1-2-28(21-9-5-3-6-10-21)32(30,31)22-11-12-23(25-19-22)26-17-13-20(14-18-26)24(29)27-15-7-4-8-16-27/h3,5-6,9-12,19-20H,2,4,7-8,13-18H2,1H3. The Hall–Kier alpha value is -2.61. The quantitative estimate of drug-likeness (QED) is 0.665. The first-order chi connectivity index (χ1) is 15.5. The van der Waals surface area contributed by atoms with E-state index in [1.54, 1.807) is 24.3 Å². The number of carbonyl (C=O) groups excluding carboxylic acids is 1. The summed E-state index contributed by atoms with van der Waals surface area (Å²) < 4.78 is 27.7. The maximum absolute atomic E-state index is 13.1. The Balaban J connectivity index is 1.40. The Bertz CT molecular complexity index is 997. The van der Waals surface area contributed by atoms with Gasteiger partial charge in [-0.3, -0.25) is 9.10 Å². The van der Waals surface area contributed by atoms with E-state index in [0.29, 0.717) is 18.1 Å². The van der Waals surface area contributed by atoms with Crippen LogP contribution >= 0.6 is 0 Å². The highest BCUT2D eigenvalue weighted by Crippen LogP contribution is 2.27. The Morgan fingerprint density at radius 2 is 1.69 bits per heavy atom. The second-order valence-electron chi connectivity index (χ2n) is 8.50. The molecule has 172 valence electrons. The van der Waals surface area contributed by atoms with E-state index in [0.717, 1.165) is 57.7 Å². The van der Waals surface area contributed by atoms with E-state index in [1.165, 1.54) is 16.9 Å². The number of amides is 1. The summed E-state index contributed by atoms with van der Waals surface area (Å²) in [6.45, 7) is 5.47. The topological polar surface area (TPSA) is 73.8 Å². The molecule has 2 saturated heterocycles. The molecular weight excluding hydrogens is 424 g/mol. The molecule has 3 heterocycles. The van der Waals surface area contributed by atoms with Gasteiger partial charge in [0.05, 0.1) is 5.69 Å². The number of hydrogen-bond acceptors (Lipinski definition) is 5. The minimum Gasteiger partial charge on any atom is -0.357 e. The van der Waals surface area contributed by atoms with Crippen molar-refractivity contribution in [3.8, 4) is 0 Å². The van der Waals surface area contributed by atoms with Crippen LogP contribution in [0.1, 0.15) is 39.0 Å². The monoisotopic (exact) mass is 456 g/mol. The molecule has 1 aromatic carbocycles. The van der Waals surface area contributed by atoms with Gasteiger partial charge in [-0.1, -0.05) is 18.2 Å². The first-order valence-electron chi connectivity index (χ1n) is 11.6. The number of rotatable bonds is 6. The van der Waals surface area contributed by atoms with Gasteiger partial charge in [0, 0.05) is 44.8 Å². The van der Waals surface area contributed by atoms with E-state index >= 15 is 0 Å². The van der Waals surface area contributed by atoms with Gasteiger partial charge < -0.3 is 9.80 Å². The maximum atomic E-state index is 13.1. The molecule has 2 aliphatic rings. The van der Waals surface area contributed by atoms with Crippen LogP contribution in [0.2, 0.25) is 0 Å². The van der Waals surface area contributed by atoms with Crippen molar-refractivity contribution in [1.29, 1.82) is 0 Å². The zero-order valence-electron chi connectivity index (χ0n) is 18.7. The molecule has 0 aliphatic carbocycles. The number of para-hydroxylation sites is 1. The number of sulfonamides is 1. The number of likely N-dealkylation sites (tertiary alicyclic amines) is 1. The summed E-state index contributed by atoms with van der Waals surface area (Å²) in [5.74, 6) is 1.16. The van der Waals surface area contributed by atoms with Crippen LogP contribution in [0.25, 0.3) is 0 Å². The van der Waals surface area contributed by atoms with Gasteiger partial charge in [-0.05, 0) is 63.3 Å². The molecular formula is C24H32N4O3S. The van der Waals surface area contributed by atoms with Gasteiger partial charge in [-0.2, -0.15) is 0 Å². The fourth-order valence-corrected chi connectivity index (χ4v) is 6.07.